The molecule has 64 heavy (non-hydrogen) atoms. The maximum absolute atomic E-state index is 5.32. The van der Waals surface area contributed by atoms with Crippen molar-refractivity contribution in [3.8, 4) is 11.1 Å². The Hall–Kier alpha value is -6.14. The largest absolute Gasteiger partial charge is 0.251 e. The van der Waals surface area contributed by atoms with E-state index in [1.54, 1.807) is 0 Å². The van der Waals surface area contributed by atoms with E-state index in [4.69, 9.17) is 29.9 Å². The third kappa shape index (κ3) is 10.6. The molecule has 0 aliphatic heterocycles. The summed E-state index contributed by atoms with van der Waals surface area (Å²) in [5, 5.41) is 0. The third-order valence-electron chi connectivity index (χ3n) is 12.4. The Morgan fingerprint density at radius 2 is 0.516 bits per heavy atom. The number of hydrogen-bond donors (Lipinski definition) is 0. The molecule has 4 aromatic carbocycles. The molecule has 0 aliphatic carbocycles. The summed E-state index contributed by atoms with van der Waals surface area (Å²) in [5.41, 5.74) is 23.7. The zero-order chi connectivity index (χ0) is 45.9. The van der Waals surface area contributed by atoms with Crippen LogP contribution in [-0.2, 0) is 51.4 Å². The van der Waals surface area contributed by atoms with E-state index >= 15 is 0 Å². The Balaban J connectivity index is 1.33. The van der Waals surface area contributed by atoms with Crippen molar-refractivity contribution in [2.45, 2.75) is 134 Å². The van der Waals surface area contributed by atoms with Gasteiger partial charge in [-0.05, 0) is 183 Å². The van der Waals surface area contributed by atoms with Crippen LogP contribution >= 0.6 is 0 Å². The van der Waals surface area contributed by atoms with Crippen molar-refractivity contribution in [2.75, 3.05) is 0 Å². The first-order valence-corrected chi connectivity index (χ1v) is 23.7. The minimum atomic E-state index is 0.861. The number of pyridine rings is 2. The molecule has 6 aromatic rings. The van der Waals surface area contributed by atoms with Gasteiger partial charge in [0.05, 0.1) is 68.4 Å². The Labute approximate surface area is 383 Å². The minimum absolute atomic E-state index is 0.861. The molecular weight excluding hydrogens is 781 g/mol. The summed E-state index contributed by atoms with van der Waals surface area (Å²) >= 11 is 0. The van der Waals surface area contributed by atoms with Crippen LogP contribution in [0.15, 0.2) is 117 Å². The van der Waals surface area contributed by atoms with Gasteiger partial charge in [-0.1, -0.05) is 104 Å². The minimum Gasteiger partial charge on any atom is -0.251 e. The molecule has 2 aromatic heterocycles. The quantitative estimate of drug-likeness (QED) is 0.0857. The van der Waals surface area contributed by atoms with Gasteiger partial charge < -0.3 is 0 Å². The van der Waals surface area contributed by atoms with Crippen LogP contribution in [0.5, 0.6) is 0 Å². The molecule has 0 bridgehead atoms. The maximum atomic E-state index is 5.32. The summed E-state index contributed by atoms with van der Waals surface area (Å²) in [6, 6.07) is 34.7. The number of aliphatic imine (C=N–C) groups is 4. The van der Waals surface area contributed by atoms with E-state index < -0.39 is 0 Å². The summed E-state index contributed by atoms with van der Waals surface area (Å²) in [4.78, 5) is 31.1. The first-order chi connectivity index (χ1) is 31.0. The fourth-order valence-electron chi connectivity index (χ4n) is 8.51. The molecule has 6 heteroatoms. The first-order valence-electron chi connectivity index (χ1n) is 23.7. The van der Waals surface area contributed by atoms with Crippen LogP contribution in [-0.4, -0.2) is 32.8 Å². The highest BCUT2D eigenvalue weighted by molar-refractivity contribution is 6.04. The Morgan fingerprint density at radius 1 is 0.312 bits per heavy atom. The predicted octanol–water partition coefficient (Wildman–Crippen LogP) is 15.2. The monoisotopic (exact) mass is 849 g/mol. The topological polar surface area (TPSA) is 75.2 Å². The Morgan fingerprint density at radius 3 is 0.734 bits per heavy atom. The van der Waals surface area contributed by atoms with Crippen molar-refractivity contribution in [2.24, 2.45) is 20.0 Å². The lowest BCUT2D eigenvalue weighted by atomic mass is 9.91. The third-order valence-corrected chi connectivity index (χ3v) is 12.4. The Kier molecular flexibility index (Phi) is 16.3. The molecule has 0 N–H and O–H groups in total. The van der Waals surface area contributed by atoms with Crippen LogP contribution in [0.2, 0.25) is 0 Å². The zero-order valence-corrected chi connectivity index (χ0v) is 40.6. The molecule has 0 fully saturated rings. The lowest BCUT2D eigenvalue weighted by Crippen LogP contribution is -2.06. The van der Waals surface area contributed by atoms with Gasteiger partial charge in [0.25, 0.3) is 0 Å². The molecule has 6 nitrogen and oxygen atoms in total. The number of nitrogens with zero attached hydrogens (tertiary/aromatic N) is 6. The molecule has 0 amide bonds. The van der Waals surface area contributed by atoms with Crippen LogP contribution in [0.3, 0.4) is 0 Å². The van der Waals surface area contributed by atoms with E-state index in [-0.39, 0.29) is 0 Å². The molecule has 6 rings (SSSR count). The molecule has 0 radical (unpaired) electrons. The van der Waals surface area contributed by atoms with Gasteiger partial charge in [0.15, 0.2) is 0 Å². The van der Waals surface area contributed by atoms with Gasteiger partial charge >= 0.3 is 0 Å². The van der Waals surface area contributed by atoms with Crippen LogP contribution in [0, 0.1) is 0 Å². The highest BCUT2D eigenvalue weighted by Gasteiger charge is 2.17. The molecule has 0 atom stereocenters. The second-order valence-electron chi connectivity index (χ2n) is 16.6. The van der Waals surface area contributed by atoms with Gasteiger partial charge in [-0.2, -0.15) is 0 Å². The molecule has 330 valence electrons. The van der Waals surface area contributed by atoms with Crippen molar-refractivity contribution in [1.29, 1.82) is 0 Å². The van der Waals surface area contributed by atoms with Gasteiger partial charge in [0, 0.05) is 0 Å². The van der Waals surface area contributed by atoms with Crippen LogP contribution < -0.4 is 0 Å². The van der Waals surface area contributed by atoms with E-state index in [2.05, 4.69) is 168 Å². The first kappa shape index (κ1) is 47.3. The predicted molar refractivity (Wildman–Crippen MR) is 276 cm³/mol. The van der Waals surface area contributed by atoms with E-state index in [1.165, 1.54) is 55.6 Å². The second-order valence-corrected chi connectivity index (χ2v) is 16.6. The van der Waals surface area contributed by atoms with E-state index in [0.717, 1.165) is 120 Å². The van der Waals surface area contributed by atoms with Crippen LogP contribution in [0.4, 0.5) is 22.7 Å². The molecule has 0 aliphatic rings. The fraction of sp³-hybridized carbons (Fsp3) is 0.345. The van der Waals surface area contributed by atoms with E-state index in [1.807, 2.05) is 12.1 Å². The summed E-state index contributed by atoms with van der Waals surface area (Å²) in [7, 11) is 0. The highest BCUT2D eigenvalue weighted by atomic mass is 14.9. The van der Waals surface area contributed by atoms with Crippen molar-refractivity contribution in [3.63, 3.8) is 0 Å². The lowest BCUT2D eigenvalue weighted by molar-refractivity contribution is 1.07. The van der Waals surface area contributed by atoms with Crippen molar-refractivity contribution < 1.29 is 0 Å². The summed E-state index contributed by atoms with van der Waals surface area (Å²) in [6.45, 7) is 25.9. The van der Waals surface area contributed by atoms with Crippen molar-refractivity contribution in [1.82, 2.24) is 9.97 Å². The number of hydrogen-bond acceptors (Lipinski definition) is 6. The Bertz CT molecular complexity index is 2460. The number of aryl methyl sites for hydroxylation is 8. The fourth-order valence-corrected chi connectivity index (χ4v) is 8.51. The van der Waals surface area contributed by atoms with Crippen molar-refractivity contribution >= 4 is 45.6 Å². The second kappa shape index (κ2) is 22.0. The SMILES string of the molecule is CCc1cccc(CC)c1N=C(C)c1cccc(C(C)=Nc2c(CC)cc(-c3cc(CC)c(N=C(C)c4cccc(C(C)=Nc5c(CC)cccc5CC)n4)c(CC)c3)cc2CC)n1. The molecule has 0 saturated heterocycles. The average Bonchev–Trinajstić information content (AvgIpc) is 3.33. The van der Waals surface area contributed by atoms with Gasteiger partial charge in [-0.25, -0.2) is 9.97 Å². The zero-order valence-electron chi connectivity index (χ0n) is 40.6. The number of benzene rings is 4. The van der Waals surface area contributed by atoms with E-state index in [9.17, 15) is 0 Å². The number of rotatable bonds is 17. The summed E-state index contributed by atoms with van der Waals surface area (Å²) < 4.78 is 0. The van der Waals surface area contributed by atoms with Gasteiger partial charge in [-0.3, -0.25) is 20.0 Å². The molecule has 0 saturated carbocycles. The smallest absolute Gasteiger partial charge is 0.0849 e. The van der Waals surface area contributed by atoms with Crippen LogP contribution in [0.25, 0.3) is 11.1 Å². The lowest BCUT2D eigenvalue weighted by Gasteiger charge is -2.17. The van der Waals surface area contributed by atoms with Gasteiger partial charge in [0.2, 0.25) is 0 Å². The summed E-state index contributed by atoms with van der Waals surface area (Å²) in [5.74, 6) is 0. The molecule has 2 heterocycles. The number of para-hydroxylation sites is 2. The van der Waals surface area contributed by atoms with E-state index in [0.29, 0.717) is 0 Å². The van der Waals surface area contributed by atoms with Crippen molar-refractivity contribution in [3.05, 3.63) is 164 Å². The standard InChI is InChI=1S/C58H68N6/c1-13-41-25-21-26-42(14-2)55(41)59-37(9)51-29-23-31-53(63-51)39(11)61-57-45(17-5)33-49(34-46(57)18-6)50-35-47(19-7)58(48(20-8)36-50)62-40(12)54-32-24-30-52(64-54)38(10)60-56-43(15-3)27-22-28-44(56)16-4/h21-36H,13-20H2,1-12H3. The maximum Gasteiger partial charge on any atom is 0.0849 e. The van der Waals surface area contributed by atoms with Crippen LogP contribution in [0.1, 0.15) is 150 Å². The summed E-state index contributed by atoms with van der Waals surface area (Å²) in [6.07, 6.45) is 7.24. The average molecular weight is 849 g/mol. The molecule has 0 spiro atoms. The van der Waals surface area contributed by atoms with Gasteiger partial charge in [0.1, 0.15) is 0 Å². The normalized spacial score (nSPS) is 12.6. The highest BCUT2D eigenvalue weighted by Crippen LogP contribution is 2.37. The van der Waals surface area contributed by atoms with Gasteiger partial charge in [-0.15, -0.1) is 0 Å². The molecular formula is C58H68N6. The molecule has 0 unspecified atom stereocenters. The number of aromatic nitrogens is 2.